The van der Waals surface area contributed by atoms with Crippen LogP contribution in [0.15, 0.2) is 30.3 Å². The molecule has 1 aromatic carbocycles. The Balaban J connectivity index is 1.95. The van der Waals surface area contributed by atoms with Crippen LogP contribution in [0.25, 0.3) is 0 Å². The molecule has 0 saturated carbocycles. The summed E-state index contributed by atoms with van der Waals surface area (Å²) in [6, 6.07) is 9.49. The van der Waals surface area contributed by atoms with Crippen LogP contribution >= 0.6 is 0 Å². The van der Waals surface area contributed by atoms with E-state index in [0.717, 1.165) is 25.0 Å². The monoisotopic (exact) mass is 322 g/mol. The third kappa shape index (κ3) is 10.3. The normalized spacial score (nSPS) is 13.1. The molecule has 1 rings (SSSR count). The first kappa shape index (κ1) is 18.0. The lowest BCUT2D eigenvalue weighted by Crippen LogP contribution is -2.10. The number of para-hydroxylation sites is 1. The van der Waals surface area contributed by atoms with Gasteiger partial charge in [0.05, 0.1) is 6.61 Å². The van der Waals surface area contributed by atoms with Crippen molar-refractivity contribution >= 4 is 10.8 Å². The minimum Gasteiger partial charge on any atom is -0.494 e. The van der Waals surface area contributed by atoms with Crippen molar-refractivity contribution in [1.29, 1.82) is 0 Å². The summed E-state index contributed by atoms with van der Waals surface area (Å²) < 4.78 is 52.8. The van der Waals surface area contributed by atoms with E-state index < -0.39 is 23.4 Å². The minimum absolute atomic E-state index is 0.0484. The number of rotatable bonds is 10. The molecule has 2 nitrogen and oxygen atoms in total. The van der Waals surface area contributed by atoms with E-state index in [0.29, 0.717) is 12.4 Å². The van der Waals surface area contributed by atoms with Gasteiger partial charge in [-0.25, -0.2) is 0 Å². The van der Waals surface area contributed by atoms with Crippen molar-refractivity contribution in [3.63, 3.8) is 0 Å². The van der Waals surface area contributed by atoms with Crippen LogP contribution in [0.5, 0.6) is 5.75 Å². The summed E-state index contributed by atoms with van der Waals surface area (Å²) in [5, 5.41) is 0. The van der Waals surface area contributed by atoms with Crippen LogP contribution in [0.3, 0.4) is 0 Å². The Morgan fingerprint density at radius 1 is 0.952 bits per heavy atom. The van der Waals surface area contributed by atoms with Gasteiger partial charge in [-0.2, -0.15) is 13.2 Å². The summed E-state index contributed by atoms with van der Waals surface area (Å²) in [5.41, 5.74) is 0. The summed E-state index contributed by atoms with van der Waals surface area (Å²) >= 11 is 0. The van der Waals surface area contributed by atoms with Crippen LogP contribution < -0.4 is 4.74 Å². The molecule has 0 amide bonds. The van der Waals surface area contributed by atoms with E-state index in [4.69, 9.17) is 4.74 Å². The molecule has 0 aliphatic heterocycles. The van der Waals surface area contributed by atoms with Crippen LogP contribution in [0.1, 0.15) is 32.1 Å². The summed E-state index contributed by atoms with van der Waals surface area (Å²) in [4.78, 5) is 0. The molecule has 6 heteroatoms. The topological polar surface area (TPSA) is 26.3 Å². The molecule has 0 aliphatic carbocycles. The first-order valence-electron chi connectivity index (χ1n) is 7.07. The highest BCUT2D eigenvalue weighted by molar-refractivity contribution is 7.84. The lowest BCUT2D eigenvalue weighted by molar-refractivity contribution is -0.134. The molecule has 0 heterocycles. The molecule has 0 fully saturated rings. The fourth-order valence-electron chi connectivity index (χ4n) is 1.78. The summed E-state index contributed by atoms with van der Waals surface area (Å²) in [7, 11) is -1.14. The number of alkyl halides is 3. The molecule has 1 aromatic rings. The highest BCUT2D eigenvalue weighted by atomic mass is 32.2. The molecular weight excluding hydrogens is 301 g/mol. The van der Waals surface area contributed by atoms with Crippen LogP contribution in [0, 0.1) is 0 Å². The quantitative estimate of drug-likeness (QED) is 0.599. The molecule has 0 aromatic heterocycles. The van der Waals surface area contributed by atoms with Gasteiger partial charge in [0.25, 0.3) is 0 Å². The average molecular weight is 322 g/mol. The Labute approximate surface area is 126 Å². The lowest BCUT2D eigenvalue weighted by Gasteiger charge is -2.07. The highest BCUT2D eigenvalue weighted by Crippen LogP contribution is 2.21. The maximum atomic E-state index is 11.9. The Morgan fingerprint density at radius 3 is 2.29 bits per heavy atom. The van der Waals surface area contributed by atoms with Crippen molar-refractivity contribution in [1.82, 2.24) is 0 Å². The van der Waals surface area contributed by atoms with Gasteiger partial charge < -0.3 is 4.74 Å². The first-order chi connectivity index (χ1) is 9.97. The van der Waals surface area contributed by atoms with Crippen molar-refractivity contribution in [3.8, 4) is 5.75 Å². The molecular formula is C15H21F3O2S. The second-order valence-electron chi connectivity index (χ2n) is 4.79. The molecule has 0 aliphatic rings. The van der Waals surface area contributed by atoms with Crippen molar-refractivity contribution < 1.29 is 22.1 Å². The maximum absolute atomic E-state index is 11.9. The zero-order valence-electron chi connectivity index (χ0n) is 11.9. The fraction of sp³-hybridized carbons (Fsp3) is 0.600. The summed E-state index contributed by atoms with van der Waals surface area (Å²) in [6.07, 6.45) is -2.54. The molecule has 120 valence electrons. The molecule has 21 heavy (non-hydrogen) atoms. The van der Waals surface area contributed by atoms with Gasteiger partial charge in [0, 0.05) is 28.7 Å². The van der Waals surface area contributed by atoms with Crippen LogP contribution in [0.2, 0.25) is 0 Å². The third-order valence-corrected chi connectivity index (χ3v) is 4.35. The van der Waals surface area contributed by atoms with Gasteiger partial charge in [-0.15, -0.1) is 0 Å². The Morgan fingerprint density at radius 2 is 1.62 bits per heavy atom. The van der Waals surface area contributed by atoms with Gasteiger partial charge in [0.15, 0.2) is 0 Å². The van der Waals surface area contributed by atoms with E-state index >= 15 is 0 Å². The van der Waals surface area contributed by atoms with Crippen LogP contribution in [0.4, 0.5) is 13.2 Å². The number of unbranched alkanes of at least 4 members (excludes halogenated alkanes) is 2. The van der Waals surface area contributed by atoms with Crippen LogP contribution in [-0.4, -0.2) is 28.5 Å². The van der Waals surface area contributed by atoms with Gasteiger partial charge in [0.2, 0.25) is 0 Å². The summed E-state index contributed by atoms with van der Waals surface area (Å²) in [5.74, 6) is 1.44. The van der Waals surface area contributed by atoms with Crippen molar-refractivity contribution in [2.45, 2.75) is 38.3 Å². The van der Waals surface area contributed by atoms with Crippen LogP contribution in [-0.2, 0) is 10.8 Å². The smallest absolute Gasteiger partial charge is 0.389 e. The summed E-state index contributed by atoms with van der Waals surface area (Å²) in [6.45, 7) is 0.602. The number of ether oxygens (including phenoxy) is 1. The number of hydrogen-bond donors (Lipinski definition) is 0. The molecule has 1 atom stereocenters. The average Bonchev–Trinajstić information content (AvgIpc) is 2.42. The van der Waals surface area contributed by atoms with E-state index in [1.165, 1.54) is 0 Å². The number of benzene rings is 1. The molecule has 0 radical (unpaired) electrons. The van der Waals surface area contributed by atoms with Crippen molar-refractivity contribution in [2.75, 3.05) is 18.1 Å². The van der Waals surface area contributed by atoms with Gasteiger partial charge in [-0.05, 0) is 37.8 Å². The van der Waals surface area contributed by atoms with E-state index in [9.17, 15) is 17.4 Å². The molecule has 0 saturated heterocycles. The van der Waals surface area contributed by atoms with E-state index in [-0.39, 0.29) is 12.2 Å². The molecule has 0 bridgehead atoms. The van der Waals surface area contributed by atoms with Gasteiger partial charge >= 0.3 is 6.18 Å². The van der Waals surface area contributed by atoms with E-state index in [1.54, 1.807) is 0 Å². The van der Waals surface area contributed by atoms with Gasteiger partial charge in [0.1, 0.15) is 5.75 Å². The fourth-order valence-corrected chi connectivity index (χ4v) is 2.98. The molecule has 0 spiro atoms. The second-order valence-corrected chi connectivity index (χ2v) is 6.49. The predicted octanol–water partition coefficient (Wildman–Crippen LogP) is 4.33. The standard InChI is InChI=1S/C15H21F3O2S/c16-15(17,18)10-7-13-21(19)12-6-2-5-11-20-14-8-3-1-4-9-14/h1,3-4,8-9H,2,5-7,10-13H2. The second kappa shape index (κ2) is 9.82. The lowest BCUT2D eigenvalue weighted by atomic mass is 10.3. The molecule has 1 unspecified atom stereocenters. The Kier molecular flexibility index (Phi) is 8.42. The maximum Gasteiger partial charge on any atom is 0.389 e. The van der Waals surface area contributed by atoms with E-state index in [1.807, 2.05) is 30.3 Å². The SMILES string of the molecule is O=S(CCCCCOc1ccccc1)CCCC(F)(F)F. The Hall–Kier alpha value is -1.04. The highest BCUT2D eigenvalue weighted by Gasteiger charge is 2.26. The predicted molar refractivity (Wildman–Crippen MR) is 79.0 cm³/mol. The number of hydrogen-bond acceptors (Lipinski definition) is 2. The zero-order valence-corrected chi connectivity index (χ0v) is 12.7. The largest absolute Gasteiger partial charge is 0.494 e. The van der Waals surface area contributed by atoms with Gasteiger partial charge in [-0.3, -0.25) is 4.21 Å². The van der Waals surface area contributed by atoms with Crippen molar-refractivity contribution in [3.05, 3.63) is 30.3 Å². The Bertz CT molecular complexity index is 407. The van der Waals surface area contributed by atoms with E-state index in [2.05, 4.69) is 0 Å². The third-order valence-electron chi connectivity index (χ3n) is 2.86. The zero-order chi connectivity index (χ0) is 15.6. The number of halogens is 3. The molecule has 0 N–H and O–H groups in total. The van der Waals surface area contributed by atoms with Gasteiger partial charge in [-0.1, -0.05) is 18.2 Å². The van der Waals surface area contributed by atoms with Crippen molar-refractivity contribution in [2.24, 2.45) is 0 Å². The minimum atomic E-state index is -4.14. The first-order valence-corrected chi connectivity index (χ1v) is 8.56.